The molecule has 0 atom stereocenters. The van der Waals surface area contributed by atoms with Gasteiger partial charge in [0.15, 0.2) is 5.76 Å². The Morgan fingerprint density at radius 1 is 1.12 bits per heavy atom. The lowest BCUT2D eigenvalue weighted by molar-refractivity contribution is -0.0288. The van der Waals surface area contributed by atoms with Gasteiger partial charge in [-0.25, -0.2) is 0 Å². The summed E-state index contributed by atoms with van der Waals surface area (Å²) >= 11 is 0. The van der Waals surface area contributed by atoms with Crippen LogP contribution in [0.1, 0.15) is 34.7 Å². The molecule has 7 heteroatoms. The number of nitrogens with zero attached hydrogens (tertiary/aromatic N) is 1. The molecule has 1 aliphatic rings. The van der Waals surface area contributed by atoms with Crippen molar-refractivity contribution in [2.45, 2.75) is 25.0 Å². The minimum Gasteiger partial charge on any atom is -0.497 e. The number of rotatable bonds is 6. The average Bonchev–Trinajstić information content (AvgIpc) is 3.50. The number of benzene rings is 2. The number of piperidine rings is 1. The highest BCUT2D eigenvalue weighted by Gasteiger charge is 2.34. The molecule has 0 aliphatic carbocycles. The van der Waals surface area contributed by atoms with Crippen LogP contribution in [0.25, 0.3) is 11.0 Å². The molecule has 3 heterocycles. The fraction of sp³-hybridized carbons (Fsp3) is 0.269. The van der Waals surface area contributed by atoms with Crippen LogP contribution in [0.3, 0.4) is 0 Å². The molecule has 0 spiro atoms. The van der Waals surface area contributed by atoms with Crippen molar-refractivity contribution >= 4 is 22.6 Å². The Morgan fingerprint density at radius 2 is 1.91 bits per heavy atom. The zero-order valence-electron chi connectivity index (χ0n) is 18.4. The van der Waals surface area contributed by atoms with Crippen LogP contribution in [0.5, 0.6) is 5.75 Å². The van der Waals surface area contributed by atoms with Crippen molar-refractivity contribution in [3.63, 3.8) is 0 Å². The van der Waals surface area contributed by atoms with E-state index >= 15 is 0 Å². The van der Waals surface area contributed by atoms with Crippen LogP contribution in [0.2, 0.25) is 0 Å². The predicted molar refractivity (Wildman–Crippen MR) is 124 cm³/mol. The van der Waals surface area contributed by atoms with E-state index in [4.69, 9.17) is 13.6 Å². The number of likely N-dealkylation sites (tertiary alicyclic amines) is 1. The van der Waals surface area contributed by atoms with Gasteiger partial charge in [0.1, 0.15) is 17.1 Å². The van der Waals surface area contributed by atoms with Crippen LogP contribution >= 0.6 is 0 Å². The fourth-order valence-corrected chi connectivity index (χ4v) is 4.30. The number of aliphatic hydroxyl groups is 1. The molecule has 1 aliphatic heterocycles. The van der Waals surface area contributed by atoms with Gasteiger partial charge in [-0.1, -0.05) is 6.07 Å². The molecule has 1 amide bonds. The number of furan rings is 2. The van der Waals surface area contributed by atoms with Gasteiger partial charge in [-0.3, -0.25) is 9.69 Å². The van der Waals surface area contributed by atoms with Crippen molar-refractivity contribution in [3.05, 3.63) is 84.0 Å². The number of hydrogen-bond acceptors (Lipinski definition) is 6. The van der Waals surface area contributed by atoms with Crippen LogP contribution in [0.4, 0.5) is 5.69 Å². The number of methoxy groups -OCH3 is 1. The maximum Gasteiger partial charge on any atom is 0.291 e. The van der Waals surface area contributed by atoms with Gasteiger partial charge < -0.3 is 24.0 Å². The summed E-state index contributed by atoms with van der Waals surface area (Å²) in [5.74, 6) is 1.54. The maximum absolute atomic E-state index is 12.7. The third-order valence-electron chi connectivity index (χ3n) is 6.27. The molecule has 4 aromatic rings. The number of carbonyl (C=O) groups excluding carboxylic acids is 1. The SMILES string of the molecule is COc1ccc(NC(=O)c2cc3cc(C4(O)CCN(Cc5ccco5)CC4)ccc3o2)cc1. The second-order valence-electron chi connectivity index (χ2n) is 8.43. The van der Waals surface area contributed by atoms with Gasteiger partial charge in [-0.15, -0.1) is 0 Å². The predicted octanol–water partition coefficient (Wildman–Crippen LogP) is 4.77. The van der Waals surface area contributed by atoms with Crippen LogP contribution < -0.4 is 10.1 Å². The molecule has 5 rings (SSSR count). The zero-order valence-corrected chi connectivity index (χ0v) is 18.4. The molecule has 7 nitrogen and oxygen atoms in total. The van der Waals surface area contributed by atoms with E-state index in [9.17, 15) is 9.90 Å². The smallest absolute Gasteiger partial charge is 0.291 e. The number of amides is 1. The number of carbonyl (C=O) groups is 1. The Morgan fingerprint density at radius 3 is 2.61 bits per heavy atom. The highest BCUT2D eigenvalue weighted by atomic mass is 16.5. The number of nitrogens with one attached hydrogen (secondary N) is 1. The quantitative estimate of drug-likeness (QED) is 0.444. The van der Waals surface area contributed by atoms with E-state index in [1.807, 2.05) is 30.3 Å². The minimum atomic E-state index is -0.906. The molecule has 33 heavy (non-hydrogen) atoms. The molecule has 170 valence electrons. The van der Waals surface area contributed by atoms with E-state index in [1.54, 1.807) is 43.7 Å². The van der Waals surface area contributed by atoms with Crippen LogP contribution in [0.15, 0.2) is 75.8 Å². The van der Waals surface area contributed by atoms with Gasteiger partial charge in [0.05, 0.1) is 25.5 Å². The summed E-state index contributed by atoms with van der Waals surface area (Å²) in [5.41, 5.74) is 1.20. The summed E-state index contributed by atoms with van der Waals surface area (Å²) in [6.07, 6.45) is 2.94. The lowest BCUT2D eigenvalue weighted by atomic mass is 9.84. The third kappa shape index (κ3) is 4.51. The number of ether oxygens (including phenoxy) is 1. The van der Waals surface area contributed by atoms with E-state index in [1.165, 1.54) is 0 Å². The minimum absolute atomic E-state index is 0.221. The molecule has 0 radical (unpaired) electrons. The molecule has 2 N–H and O–H groups in total. The third-order valence-corrected chi connectivity index (χ3v) is 6.27. The molecule has 2 aromatic carbocycles. The monoisotopic (exact) mass is 446 g/mol. The highest BCUT2D eigenvalue weighted by molar-refractivity contribution is 6.04. The van der Waals surface area contributed by atoms with Crippen molar-refractivity contribution in [3.8, 4) is 5.75 Å². The van der Waals surface area contributed by atoms with E-state index in [0.717, 1.165) is 36.3 Å². The van der Waals surface area contributed by atoms with Gasteiger partial charge in [-0.2, -0.15) is 0 Å². The van der Waals surface area contributed by atoms with Crippen LogP contribution in [-0.4, -0.2) is 36.1 Å². The number of anilines is 1. The van der Waals surface area contributed by atoms with Crippen molar-refractivity contribution in [1.29, 1.82) is 0 Å². The zero-order chi connectivity index (χ0) is 22.8. The van der Waals surface area contributed by atoms with Gasteiger partial charge in [0.2, 0.25) is 0 Å². The molecular weight excluding hydrogens is 420 g/mol. The number of hydrogen-bond donors (Lipinski definition) is 2. The van der Waals surface area contributed by atoms with Crippen LogP contribution in [-0.2, 0) is 12.1 Å². The summed E-state index contributed by atoms with van der Waals surface area (Å²) in [4.78, 5) is 14.9. The van der Waals surface area contributed by atoms with E-state index in [2.05, 4.69) is 10.2 Å². The Bertz CT molecular complexity index is 1240. The normalized spacial score (nSPS) is 16.1. The summed E-state index contributed by atoms with van der Waals surface area (Å²) in [7, 11) is 1.59. The van der Waals surface area contributed by atoms with Gasteiger partial charge >= 0.3 is 0 Å². The molecule has 0 bridgehead atoms. The largest absolute Gasteiger partial charge is 0.497 e. The lowest BCUT2D eigenvalue weighted by Gasteiger charge is -2.38. The first kappa shape index (κ1) is 21.3. The maximum atomic E-state index is 12.7. The second-order valence-corrected chi connectivity index (χ2v) is 8.43. The van der Waals surface area contributed by atoms with Crippen LogP contribution in [0, 0.1) is 0 Å². The standard InChI is InChI=1S/C26H26N2O5/c1-31-21-7-5-20(6-8-21)27-25(29)24-16-18-15-19(4-9-23(18)33-24)26(30)10-12-28(13-11-26)17-22-3-2-14-32-22/h2-9,14-16,30H,10-13,17H2,1H3,(H,27,29). The lowest BCUT2D eigenvalue weighted by Crippen LogP contribution is -2.42. The summed E-state index contributed by atoms with van der Waals surface area (Å²) in [5, 5.41) is 14.9. The molecule has 0 unspecified atom stereocenters. The first-order valence-corrected chi connectivity index (χ1v) is 11.0. The van der Waals surface area contributed by atoms with E-state index < -0.39 is 5.60 Å². The molecule has 0 saturated carbocycles. The molecular formula is C26H26N2O5. The molecule has 1 saturated heterocycles. The van der Waals surface area contributed by atoms with Crippen molar-refractivity contribution in [1.82, 2.24) is 4.90 Å². The summed E-state index contributed by atoms with van der Waals surface area (Å²) in [6.45, 7) is 2.29. The summed E-state index contributed by atoms with van der Waals surface area (Å²) < 4.78 is 16.3. The van der Waals surface area contributed by atoms with E-state index in [0.29, 0.717) is 29.9 Å². The Balaban J connectivity index is 1.28. The van der Waals surface area contributed by atoms with Crippen molar-refractivity contribution in [2.24, 2.45) is 0 Å². The summed E-state index contributed by atoms with van der Waals surface area (Å²) in [6, 6.07) is 18.3. The topological polar surface area (TPSA) is 88.1 Å². The second kappa shape index (κ2) is 8.77. The van der Waals surface area contributed by atoms with E-state index in [-0.39, 0.29) is 11.7 Å². The number of fused-ring (bicyclic) bond motifs is 1. The fourth-order valence-electron chi connectivity index (χ4n) is 4.30. The Labute approximate surface area is 191 Å². The first-order chi connectivity index (χ1) is 16.0. The van der Waals surface area contributed by atoms with Gasteiger partial charge in [0, 0.05) is 24.2 Å². The highest BCUT2D eigenvalue weighted by Crippen LogP contribution is 2.35. The van der Waals surface area contributed by atoms with Crippen molar-refractivity contribution in [2.75, 3.05) is 25.5 Å². The van der Waals surface area contributed by atoms with Gasteiger partial charge in [0.25, 0.3) is 5.91 Å². The first-order valence-electron chi connectivity index (χ1n) is 11.0. The Hall–Kier alpha value is -3.55. The van der Waals surface area contributed by atoms with Gasteiger partial charge in [-0.05, 0) is 73.0 Å². The van der Waals surface area contributed by atoms with Crippen molar-refractivity contribution < 1.29 is 23.5 Å². The molecule has 1 fully saturated rings. The molecule has 2 aromatic heterocycles. The average molecular weight is 447 g/mol. The Kier molecular flexibility index (Phi) is 5.66.